The highest BCUT2D eigenvalue weighted by Gasteiger charge is 2.36. The zero-order valence-electron chi connectivity index (χ0n) is 13.5. The summed E-state index contributed by atoms with van der Waals surface area (Å²) in [6, 6.07) is 0. The number of thiophene rings is 1. The molecule has 24 heavy (non-hydrogen) atoms. The summed E-state index contributed by atoms with van der Waals surface area (Å²) in [5, 5.41) is 12.4. The maximum absolute atomic E-state index is 12.9. The van der Waals surface area contributed by atoms with Gasteiger partial charge in [-0.25, -0.2) is 0 Å². The first-order valence-electron chi connectivity index (χ1n) is 8.54. The Kier molecular flexibility index (Phi) is 4.33. The number of rotatable bonds is 3. The van der Waals surface area contributed by atoms with Crippen molar-refractivity contribution >= 4 is 17.2 Å². The number of likely N-dealkylation sites (tertiary alicyclic amines) is 1. The van der Waals surface area contributed by atoms with E-state index < -0.39 is 6.10 Å². The predicted octanol–water partition coefficient (Wildman–Crippen LogP) is 2.09. The van der Waals surface area contributed by atoms with Crippen molar-refractivity contribution in [1.82, 2.24) is 14.9 Å². The molecule has 5 nitrogen and oxygen atoms in total. The zero-order valence-corrected chi connectivity index (χ0v) is 14.3. The van der Waals surface area contributed by atoms with Crippen molar-refractivity contribution in [3.8, 4) is 0 Å². The molecule has 2 aliphatic rings. The van der Waals surface area contributed by atoms with Crippen molar-refractivity contribution in [3.63, 3.8) is 0 Å². The van der Waals surface area contributed by atoms with E-state index in [1.807, 2.05) is 10.3 Å². The van der Waals surface area contributed by atoms with Crippen LogP contribution >= 0.6 is 11.3 Å². The lowest BCUT2D eigenvalue weighted by Gasteiger charge is -2.18. The second-order valence-electron chi connectivity index (χ2n) is 6.70. The molecule has 6 heteroatoms. The van der Waals surface area contributed by atoms with Crippen molar-refractivity contribution in [1.29, 1.82) is 0 Å². The van der Waals surface area contributed by atoms with Gasteiger partial charge in [0.25, 0.3) is 5.91 Å². The van der Waals surface area contributed by atoms with Gasteiger partial charge in [0.05, 0.1) is 17.4 Å². The molecule has 1 saturated heterocycles. The zero-order chi connectivity index (χ0) is 16.5. The number of β-amino-alcohol motifs (C(OH)–C–C–N with tert-alkyl or cyclic N) is 1. The van der Waals surface area contributed by atoms with Gasteiger partial charge in [-0.15, -0.1) is 11.3 Å². The number of aryl methyl sites for hydroxylation is 1. The number of carbonyl (C=O) groups is 1. The highest BCUT2D eigenvalue weighted by molar-refractivity contribution is 7.10. The molecule has 1 aliphatic carbocycles. The predicted molar refractivity (Wildman–Crippen MR) is 92.1 cm³/mol. The molecule has 126 valence electrons. The maximum Gasteiger partial charge on any atom is 0.255 e. The molecule has 1 aliphatic heterocycles. The fraction of sp³-hybridized carbons (Fsp3) is 0.500. The first kappa shape index (κ1) is 15.7. The molecule has 0 radical (unpaired) electrons. The van der Waals surface area contributed by atoms with E-state index in [1.165, 1.54) is 23.3 Å². The molecular weight excluding hydrogens is 322 g/mol. The SMILES string of the molecule is O=C(c1csc2c1CCCC2)N1C[C@@H](Cc2cnccn2)[C@H](O)C1. The van der Waals surface area contributed by atoms with E-state index in [0.29, 0.717) is 19.5 Å². The summed E-state index contributed by atoms with van der Waals surface area (Å²) in [4.78, 5) is 24.5. The number of carbonyl (C=O) groups excluding carboxylic acids is 1. The first-order chi connectivity index (χ1) is 11.7. The van der Waals surface area contributed by atoms with Crippen LogP contribution in [0, 0.1) is 5.92 Å². The van der Waals surface area contributed by atoms with Crippen LogP contribution in [0.5, 0.6) is 0 Å². The Labute approximate surface area is 145 Å². The normalized spacial score (nSPS) is 23.3. The van der Waals surface area contributed by atoms with Crippen LogP contribution in [0.2, 0.25) is 0 Å². The van der Waals surface area contributed by atoms with E-state index in [1.54, 1.807) is 29.9 Å². The smallest absolute Gasteiger partial charge is 0.255 e. The fourth-order valence-electron chi connectivity index (χ4n) is 3.77. The Balaban J connectivity index is 1.47. The molecule has 0 spiro atoms. The van der Waals surface area contributed by atoms with Crippen LogP contribution in [0.1, 0.15) is 39.3 Å². The summed E-state index contributed by atoms with van der Waals surface area (Å²) in [6.45, 7) is 0.996. The molecule has 1 fully saturated rings. The number of nitrogens with zero attached hydrogens (tertiary/aromatic N) is 3. The Morgan fingerprint density at radius 3 is 3.00 bits per heavy atom. The van der Waals surface area contributed by atoms with Crippen LogP contribution in [0.4, 0.5) is 0 Å². The van der Waals surface area contributed by atoms with Crippen LogP contribution < -0.4 is 0 Å². The van der Waals surface area contributed by atoms with Gasteiger partial charge in [-0.3, -0.25) is 14.8 Å². The highest BCUT2D eigenvalue weighted by atomic mass is 32.1. The third-order valence-corrected chi connectivity index (χ3v) is 6.16. The summed E-state index contributed by atoms with van der Waals surface area (Å²) in [5.74, 6) is 0.107. The van der Waals surface area contributed by atoms with Gasteiger partial charge in [-0.05, 0) is 37.7 Å². The monoisotopic (exact) mass is 343 g/mol. The standard InChI is InChI=1S/C18H21N3O2S/c22-16-10-21(9-12(16)7-13-8-19-5-6-20-13)18(23)15-11-24-17-4-2-1-3-14(15)17/h5-6,8,11-12,16,22H,1-4,7,9-10H2/t12-,16-/m1/s1. The average molecular weight is 343 g/mol. The molecule has 0 bridgehead atoms. The highest BCUT2D eigenvalue weighted by Crippen LogP contribution is 2.32. The number of aromatic nitrogens is 2. The number of aliphatic hydroxyl groups is 1. The molecule has 2 aromatic heterocycles. The van der Waals surface area contributed by atoms with E-state index in [2.05, 4.69) is 9.97 Å². The first-order valence-corrected chi connectivity index (χ1v) is 9.42. The van der Waals surface area contributed by atoms with Gasteiger partial charge in [0.15, 0.2) is 0 Å². The van der Waals surface area contributed by atoms with Gasteiger partial charge in [0, 0.05) is 47.9 Å². The Hall–Kier alpha value is -1.79. The van der Waals surface area contributed by atoms with Crippen molar-refractivity contribution in [2.45, 2.75) is 38.2 Å². The number of hydrogen-bond donors (Lipinski definition) is 1. The average Bonchev–Trinajstić information content (AvgIpc) is 3.19. The second-order valence-corrected chi connectivity index (χ2v) is 7.66. The minimum absolute atomic E-state index is 0.0279. The molecule has 0 saturated carbocycles. The molecule has 1 N–H and O–H groups in total. The van der Waals surface area contributed by atoms with Gasteiger partial charge in [0.1, 0.15) is 0 Å². The van der Waals surface area contributed by atoms with Gasteiger partial charge in [-0.2, -0.15) is 0 Å². The second kappa shape index (κ2) is 6.61. The molecule has 3 heterocycles. The number of hydrogen-bond acceptors (Lipinski definition) is 5. The van der Waals surface area contributed by atoms with Gasteiger partial charge in [0.2, 0.25) is 0 Å². The summed E-state index contributed by atoms with van der Waals surface area (Å²) < 4.78 is 0. The summed E-state index contributed by atoms with van der Waals surface area (Å²) in [7, 11) is 0. The molecule has 1 amide bonds. The van der Waals surface area contributed by atoms with Crippen LogP contribution in [0.15, 0.2) is 24.0 Å². The van der Waals surface area contributed by atoms with Crippen molar-refractivity contribution in [3.05, 3.63) is 45.7 Å². The van der Waals surface area contributed by atoms with Crippen molar-refractivity contribution < 1.29 is 9.90 Å². The Morgan fingerprint density at radius 2 is 2.17 bits per heavy atom. The van der Waals surface area contributed by atoms with Crippen molar-refractivity contribution in [2.24, 2.45) is 5.92 Å². The number of fused-ring (bicyclic) bond motifs is 1. The Bertz CT molecular complexity index is 731. The Morgan fingerprint density at radius 1 is 1.29 bits per heavy atom. The lowest BCUT2D eigenvalue weighted by molar-refractivity contribution is 0.0764. The minimum Gasteiger partial charge on any atom is -0.391 e. The quantitative estimate of drug-likeness (QED) is 0.927. The van der Waals surface area contributed by atoms with Crippen LogP contribution in [0.25, 0.3) is 0 Å². The van der Waals surface area contributed by atoms with E-state index >= 15 is 0 Å². The van der Waals surface area contributed by atoms with Crippen LogP contribution in [0.3, 0.4) is 0 Å². The number of amides is 1. The van der Waals surface area contributed by atoms with Crippen LogP contribution in [-0.4, -0.2) is 45.1 Å². The lowest BCUT2D eigenvalue weighted by atomic mass is 9.95. The van der Waals surface area contributed by atoms with E-state index in [0.717, 1.165) is 24.1 Å². The molecular formula is C18H21N3O2S. The van der Waals surface area contributed by atoms with E-state index in [4.69, 9.17) is 0 Å². The third-order valence-electron chi connectivity index (χ3n) is 5.07. The maximum atomic E-state index is 12.9. The number of aliphatic hydroxyl groups excluding tert-OH is 1. The summed E-state index contributed by atoms with van der Waals surface area (Å²) >= 11 is 1.72. The van der Waals surface area contributed by atoms with E-state index in [-0.39, 0.29) is 11.8 Å². The van der Waals surface area contributed by atoms with Crippen LogP contribution in [-0.2, 0) is 19.3 Å². The largest absolute Gasteiger partial charge is 0.391 e. The summed E-state index contributed by atoms with van der Waals surface area (Å²) in [5.41, 5.74) is 2.98. The van der Waals surface area contributed by atoms with Gasteiger partial charge < -0.3 is 10.0 Å². The minimum atomic E-state index is -0.495. The lowest BCUT2D eigenvalue weighted by Crippen LogP contribution is -2.30. The van der Waals surface area contributed by atoms with Crippen molar-refractivity contribution in [2.75, 3.05) is 13.1 Å². The summed E-state index contributed by atoms with van der Waals surface area (Å²) in [6.07, 6.45) is 9.70. The van der Waals surface area contributed by atoms with Gasteiger partial charge in [-0.1, -0.05) is 0 Å². The molecule has 2 atom stereocenters. The van der Waals surface area contributed by atoms with E-state index in [9.17, 15) is 9.90 Å². The molecule has 4 rings (SSSR count). The molecule has 2 aromatic rings. The third kappa shape index (κ3) is 2.96. The fourth-order valence-corrected chi connectivity index (χ4v) is 4.89. The topological polar surface area (TPSA) is 66.3 Å². The molecule has 0 unspecified atom stereocenters. The molecule has 0 aromatic carbocycles. The van der Waals surface area contributed by atoms with Gasteiger partial charge >= 0.3 is 0 Å².